The standard InChI is InChI=1S/C12H11BrN2S/c13-8-4-10(15)7-12(5-8)16-11-3-1-2-9(14)6-11/h1-7H,14-15H2. The third kappa shape index (κ3) is 2.93. The van der Waals surface area contributed by atoms with Crippen LogP contribution in [0.25, 0.3) is 0 Å². The zero-order valence-corrected chi connectivity index (χ0v) is 10.9. The highest BCUT2D eigenvalue weighted by atomic mass is 79.9. The van der Waals surface area contributed by atoms with Gasteiger partial charge in [0.2, 0.25) is 0 Å². The Labute approximate surface area is 107 Å². The molecule has 0 spiro atoms. The summed E-state index contributed by atoms with van der Waals surface area (Å²) in [6, 6.07) is 13.6. The Morgan fingerprint density at radius 3 is 2.31 bits per heavy atom. The van der Waals surface area contributed by atoms with E-state index in [2.05, 4.69) is 15.9 Å². The van der Waals surface area contributed by atoms with Crippen molar-refractivity contribution in [2.24, 2.45) is 0 Å². The van der Waals surface area contributed by atoms with Crippen LogP contribution in [-0.2, 0) is 0 Å². The molecule has 0 heterocycles. The molecule has 0 aliphatic heterocycles. The fraction of sp³-hybridized carbons (Fsp3) is 0. The zero-order valence-electron chi connectivity index (χ0n) is 8.48. The zero-order chi connectivity index (χ0) is 11.5. The van der Waals surface area contributed by atoms with Gasteiger partial charge in [0, 0.05) is 25.6 Å². The summed E-state index contributed by atoms with van der Waals surface area (Å²) in [4.78, 5) is 2.20. The summed E-state index contributed by atoms with van der Waals surface area (Å²) in [5.41, 5.74) is 13.0. The smallest absolute Gasteiger partial charge is 0.0336 e. The highest BCUT2D eigenvalue weighted by Gasteiger charge is 2.00. The first kappa shape index (κ1) is 11.4. The molecule has 0 amide bonds. The number of nitrogen functional groups attached to an aromatic ring is 2. The van der Waals surface area contributed by atoms with Crippen LogP contribution >= 0.6 is 27.7 Å². The molecule has 2 rings (SSSR count). The van der Waals surface area contributed by atoms with Crippen LogP contribution < -0.4 is 11.5 Å². The second kappa shape index (κ2) is 4.80. The number of nitrogens with two attached hydrogens (primary N) is 2. The number of rotatable bonds is 2. The number of hydrogen-bond acceptors (Lipinski definition) is 3. The van der Waals surface area contributed by atoms with Gasteiger partial charge >= 0.3 is 0 Å². The maximum absolute atomic E-state index is 5.77. The molecule has 0 aromatic heterocycles. The highest BCUT2D eigenvalue weighted by Crippen LogP contribution is 2.32. The Kier molecular flexibility index (Phi) is 3.41. The molecule has 2 aromatic carbocycles. The van der Waals surface area contributed by atoms with Crippen LogP contribution in [0, 0.1) is 0 Å². The lowest BCUT2D eigenvalue weighted by Gasteiger charge is -2.04. The topological polar surface area (TPSA) is 52.0 Å². The van der Waals surface area contributed by atoms with Crippen molar-refractivity contribution in [3.63, 3.8) is 0 Å². The third-order valence-electron chi connectivity index (χ3n) is 1.99. The van der Waals surface area contributed by atoms with Crippen molar-refractivity contribution in [3.05, 3.63) is 46.9 Å². The van der Waals surface area contributed by atoms with Crippen molar-refractivity contribution in [2.45, 2.75) is 9.79 Å². The summed E-state index contributed by atoms with van der Waals surface area (Å²) in [6.45, 7) is 0. The second-order valence-electron chi connectivity index (χ2n) is 3.39. The van der Waals surface area contributed by atoms with Gasteiger partial charge in [0.15, 0.2) is 0 Å². The second-order valence-corrected chi connectivity index (χ2v) is 5.46. The Bertz CT molecular complexity index is 494. The molecule has 0 unspecified atom stereocenters. The van der Waals surface area contributed by atoms with Crippen molar-refractivity contribution in [2.75, 3.05) is 11.5 Å². The minimum atomic E-state index is 0.751. The van der Waals surface area contributed by atoms with Gasteiger partial charge in [0.1, 0.15) is 0 Å². The highest BCUT2D eigenvalue weighted by molar-refractivity contribution is 9.10. The average Bonchev–Trinajstić information content (AvgIpc) is 2.15. The lowest BCUT2D eigenvalue weighted by molar-refractivity contribution is 1.39. The van der Waals surface area contributed by atoms with E-state index in [9.17, 15) is 0 Å². The molecule has 4 N–H and O–H groups in total. The monoisotopic (exact) mass is 294 g/mol. The SMILES string of the molecule is Nc1cccc(Sc2cc(N)cc(Br)c2)c1. The summed E-state index contributed by atoms with van der Waals surface area (Å²) < 4.78 is 0.985. The van der Waals surface area contributed by atoms with Crippen LogP contribution in [0.4, 0.5) is 11.4 Å². The van der Waals surface area contributed by atoms with Gasteiger partial charge in [0.05, 0.1) is 0 Å². The van der Waals surface area contributed by atoms with E-state index >= 15 is 0 Å². The van der Waals surface area contributed by atoms with Crippen molar-refractivity contribution in [3.8, 4) is 0 Å². The molecule has 0 fully saturated rings. The normalized spacial score (nSPS) is 10.3. The molecule has 0 saturated heterocycles. The summed E-state index contributed by atoms with van der Waals surface area (Å²) in [7, 11) is 0. The van der Waals surface area contributed by atoms with Crippen LogP contribution in [0.15, 0.2) is 56.7 Å². The van der Waals surface area contributed by atoms with Gasteiger partial charge in [-0.3, -0.25) is 0 Å². The molecule has 2 aromatic rings. The molecule has 4 heteroatoms. The molecule has 0 atom stereocenters. The number of benzene rings is 2. The molecule has 82 valence electrons. The summed E-state index contributed by atoms with van der Waals surface area (Å²) in [5, 5.41) is 0. The molecule has 0 saturated carbocycles. The van der Waals surface area contributed by atoms with E-state index in [0.29, 0.717) is 0 Å². The summed E-state index contributed by atoms with van der Waals surface area (Å²) >= 11 is 5.06. The van der Waals surface area contributed by atoms with Crippen LogP contribution in [0.5, 0.6) is 0 Å². The van der Waals surface area contributed by atoms with Gasteiger partial charge in [-0.2, -0.15) is 0 Å². The van der Waals surface area contributed by atoms with E-state index in [-0.39, 0.29) is 0 Å². The van der Waals surface area contributed by atoms with Crippen molar-refractivity contribution >= 4 is 39.1 Å². The lowest BCUT2D eigenvalue weighted by Crippen LogP contribution is -1.86. The van der Waals surface area contributed by atoms with Gasteiger partial charge in [-0.1, -0.05) is 33.8 Å². The number of anilines is 2. The third-order valence-corrected chi connectivity index (χ3v) is 3.41. The van der Waals surface area contributed by atoms with Gasteiger partial charge < -0.3 is 11.5 Å². The van der Waals surface area contributed by atoms with Crippen molar-refractivity contribution < 1.29 is 0 Å². The van der Waals surface area contributed by atoms with E-state index in [4.69, 9.17) is 11.5 Å². The maximum atomic E-state index is 5.77. The summed E-state index contributed by atoms with van der Waals surface area (Å²) in [5.74, 6) is 0. The van der Waals surface area contributed by atoms with E-state index < -0.39 is 0 Å². The van der Waals surface area contributed by atoms with Gasteiger partial charge in [0.25, 0.3) is 0 Å². The Hall–Kier alpha value is -1.13. The lowest BCUT2D eigenvalue weighted by atomic mass is 10.3. The van der Waals surface area contributed by atoms with Gasteiger partial charge in [-0.05, 0) is 36.4 Å². The molecule has 0 aliphatic carbocycles. The molecular formula is C12H11BrN2S. The van der Waals surface area contributed by atoms with E-state index in [1.807, 2.05) is 42.5 Å². The fourth-order valence-corrected chi connectivity index (χ4v) is 3.01. The first-order chi connectivity index (χ1) is 7.63. The van der Waals surface area contributed by atoms with Crippen LogP contribution in [-0.4, -0.2) is 0 Å². The largest absolute Gasteiger partial charge is 0.399 e. The average molecular weight is 295 g/mol. The predicted octanol–water partition coefficient (Wildman–Crippen LogP) is 3.76. The fourth-order valence-electron chi connectivity index (χ4n) is 1.36. The van der Waals surface area contributed by atoms with E-state index in [1.165, 1.54) is 0 Å². The molecule has 0 bridgehead atoms. The number of hydrogen-bond donors (Lipinski definition) is 2. The van der Waals surface area contributed by atoms with Crippen molar-refractivity contribution in [1.29, 1.82) is 0 Å². The van der Waals surface area contributed by atoms with E-state index in [1.54, 1.807) is 11.8 Å². The quantitative estimate of drug-likeness (QED) is 0.829. The molecule has 2 nitrogen and oxygen atoms in total. The molecule has 16 heavy (non-hydrogen) atoms. The predicted molar refractivity (Wildman–Crippen MR) is 73.5 cm³/mol. The Morgan fingerprint density at radius 2 is 1.62 bits per heavy atom. The summed E-state index contributed by atoms with van der Waals surface area (Å²) in [6.07, 6.45) is 0. The van der Waals surface area contributed by atoms with Crippen LogP contribution in [0.1, 0.15) is 0 Å². The van der Waals surface area contributed by atoms with Gasteiger partial charge in [-0.25, -0.2) is 0 Å². The Morgan fingerprint density at radius 1 is 0.875 bits per heavy atom. The van der Waals surface area contributed by atoms with E-state index in [0.717, 1.165) is 25.6 Å². The first-order valence-corrected chi connectivity index (χ1v) is 6.34. The number of halogens is 1. The van der Waals surface area contributed by atoms with Crippen LogP contribution in [0.3, 0.4) is 0 Å². The maximum Gasteiger partial charge on any atom is 0.0336 e. The first-order valence-electron chi connectivity index (χ1n) is 4.73. The molecular weight excluding hydrogens is 284 g/mol. The van der Waals surface area contributed by atoms with Crippen molar-refractivity contribution in [1.82, 2.24) is 0 Å². The Balaban J connectivity index is 2.27. The van der Waals surface area contributed by atoms with Gasteiger partial charge in [-0.15, -0.1) is 0 Å². The minimum Gasteiger partial charge on any atom is -0.399 e. The van der Waals surface area contributed by atoms with Crippen LogP contribution in [0.2, 0.25) is 0 Å². The minimum absolute atomic E-state index is 0.751. The molecule has 0 radical (unpaired) electrons. The molecule has 0 aliphatic rings.